The highest BCUT2D eigenvalue weighted by atomic mass is 16.1. The molecule has 1 saturated heterocycles. The summed E-state index contributed by atoms with van der Waals surface area (Å²) < 4.78 is 0. The lowest BCUT2D eigenvalue weighted by molar-refractivity contribution is -0.121. The van der Waals surface area contributed by atoms with Gasteiger partial charge >= 0.3 is 0 Å². The molecule has 0 bridgehead atoms. The molecular weight excluding hydrogens is 312 g/mol. The molecule has 4 nitrogen and oxygen atoms in total. The topological polar surface area (TPSA) is 63.4 Å². The molecule has 2 atom stereocenters. The Kier molecular flexibility index (Phi) is 7.14. The number of hydrogen-bond acceptors (Lipinski definition) is 3. The van der Waals surface area contributed by atoms with Crippen LogP contribution in [-0.2, 0) is 4.79 Å². The lowest BCUT2D eigenvalue weighted by atomic mass is 9.89. The third kappa shape index (κ3) is 5.40. The van der Waals surface area contributed by atoms with Crippen LogP contribution in [0.15, 0.2) is 48.1 Å². The Hall–Kier alpha value is -2.20. The first-order valence-corrected chi connectivity index (χ1v) is 8.97. The number of likely N-dealkylation sites (N-methyl/N-ethyl adjacent to an activating group) is 1. The second-order valence-corrected chi connectivity index (χ2v) is 6.66. The minimum Gasteiger partial charge on any atom is -0.368 e. The minimum atomic E-state index is -0.185. The van der Waals surface area contributed by atoms with Crippen molar-refractivity contribution in [3.63, 3.8) is 0 Å². The standard InChI is InChI=1S/C15H16O.C6H12N2O/c1-2-12-3-7-14(8-4-12)15-9-5-13(11-16)6-10-15;1-8-4-2-3-5(8)6(7)9/h3-7,9-11,14H,2,8H2,1H3;5H,2-4H2,1H3,(H2,7,9). The van der Waals surface area contributed by atoms with Crippen LogP contribution in [0, 0.1) is 0 Å². The number of likely N-dealkylation sites (tertiary alicyclic amines) is 1. The SMILES string of the molecule is CCC1=CCC(c2ccc(C=O)cc2)C=C1.CN1CCCC1C(N)=O. The summed E-state index contributed by atoms with van der Waals surface area (Å²) in [5, 5.41) is 0. The van der Waals surface area contributed by atoms with E-state index >= 15 is 0 Å². The third-order valence-electron chi connectivity index (χ3n) is 4.93. The third-order valence-corrected chi connectivity index (χ3v) is 4.93. The van der Waals surface area contributed by atoms with Gasteiger partial charge in [-0.25, -0.2) is 0 Å². The molecule has 3 rings (SSSR count). The van der Waals surface area contributed by atoms with Crippen LogP contribution in [0.3, 0.4) is 0 Å². The second-order valence-electron chi connectivity index (χ2n) is 6.66. The van der Waals surface area contributed by atoms with Crippen molar-refractivity contribution in [3.8, 4) is 0 Å². The number of rotatable bonds is 4. The zero-order valence-corrected chi connectivity index (χ0v) is 15.2. The number of benzene rings is 1. The fourth-order valence-corrected chi connectivity index (χ4v) is 3.27. The Balaban J connectivity index is 0.000000212. The maximum Gasteiger partial charge on any atom is 0.234 e. The molecule has 1 amide bonds. The van der Waals surface area contributed by atoms with E-state index in [1.165, 1.54) is 11.1 Å². The Labute approximate surface area is 150 Å². The lowest BCUT2D eigenvalue weighted by Gasteiger charge is -2.16. The minimum absolute atomic E-state index is 0.00463. The lowest BCUT2D eigenvalue weighted by Crippen LogP contribution is -2.37. The fourth-order valence-electron chi connectivity index (χ4n) is 3.27. The van der Waals surface area contributed by atoms with Crippen molar-refractivity contribution >= 4 is 12.2 Å². The van der Waals surface area contributed by atoms with E-state index in [0.717, 1.165) is 44.1 Å². The van der Waals surface area contributed by atoms with Crippen LogP contribution in [0.25, 0.3) is 0 Å². The predicted molar refractivity (Wildman–Crippen MR) is 102 cm³/mol. The maximum absolute atomic E-state index is 10.6. The van der Waals surface area contributed by atoms with Crippen molar-refractivity contribution in [1.82, 2.24) is 4.90 Å². The number of hydrogen-bond donors (Lipinski definition) is 1. The summed E-state index contributed by atoms with van der Waals surface area (Å²) in [7, 11) is 1.93. The van der Waals surface area contributed by atoms with Crippen molar-refractivity contribution < 1.29 is 9.59 Å². The van der Waals surface area contributed by atoms with Crippen molar-refractivity contribution in [2.45, 2.75) is 44.6 Å². The molecule has 2 unspecified atom stereocenters. The van der Waals surface area contributed by atoms with E-state index in [1.807, 2.05) is 36.2 Å². The van der Waals surface area contributed by atoms with E-state index < -0.39 is 0 Å². The summed E-state index contributed by atoms with van der Waals surface area (Å²) in [5.41, 5.74) is 8.55. The summed E-state index contributed by atoms with van der Waals surface area (Å²) in [6, 6.07) is 7.86. The fraction of sp³-hybridized carbons (Fsp3) is 0.429. The van der Waals surface area contributed by atoms with Crippen LogP contribution in [-0.4, -0.2) is 36.7 Å². The quantitative estimate of drug-likeness (QED) is 0.854. The maximum atomic E-state index is 10.6. The van der Waals surface area contributed by atoms with Crippen LogP contribution in [0.5, 0.6) is 0 Å². The van der Waals surface area contributed by atoms with Gasteiger partial charge in [0.15, 0.2) is 0 Å². The van der Waals surface area contributed by atoms with Crippen LogP contribution < -0.4 is 5.73 Å². The van der Waals surface area contributed by atoms with Crippen LogP contribution >= 0.6 is 0 Å². The van der Waals surface area contributed by atoms with Crippen molar-refractivity contribution in [2.75, 3.05) is 13.6 Å². The van der Waals surface area contributed by atoms with Crippen LogP contribution in [0.1, 0.15) is 54.4 Å². The number of carbonyl (C=O) groups is 2. The molecule has 1 fully saturated rings. The van der Waals surface area contributed by atoms with E-state index in [-0.39, 0.29) is 11.9 Å². The first kappa shape index (κ1) is 19.1. The van der Waals surface area contributed by atoms with Crippen molar-refractivity contribution in [2.24, 2.45) is 5.73 Å². The molecule has 0 radical (unpaired) electrons. The number of nitrogens with zero attached hydrogens (tertiary/aromatic N) is 1. The summed E-state index contributed by atoms with van der Waals surface area (Å²) in [4.78, 5) is 23.1. The van der Waals surface area contributed by atoms with Gasteiger partial charge in [-0.2, -0.15) is 0 Å². The van der Waals surface area contributed by atoms with E-state index in [0.29, 0.717) is 5.92 Å². The van der Waals surface area contributed by atoms with E-state index in [4.69, 9.17) is 5.73 Å². The molecule has 25 heavy (non-hydrogen) atoms. The molecule has 0 spiro atoms. The van der Waals surface area contributed by atoms with E-state index in [1.54, 1.807) is 0 Å². The molecule has 0 saturated carbocycles. The Morgan fingerprint density at radius 3 is 2.44 bits per heavy atom. The zero-order chi connectivity index (χ0) is 18.2. The summed E-state index contributed by atoms with van der Waals surface area (Å²) >= 11 is 0. The van der Waals surface area contributed by atoms with Gasteiger partial charge in [0.25, 0.3) is 0 Å². The van der Waals surface area contributed by atoms with Crippen molar-refractivity contribution in [1.29, 1.82) is 0 Å². The monoisotopic (exact) mass is 340 g/mol. The van der Waals surface area contributed by atoms with Gasteiger partial charge in [0.2, 0.25) is 5.91 Å². The molecule has 1 aliphatic heterocycles. The first-order chi connectivity index (χ1) is 12.0. The smallest absolute Gasteiger partial charge is 0.234 e. The Morgan fingerprint density at radius 2 is 2.04 bits per heavy atom. The molecule has 1 heterocycles. The van der Waals surface area contributed by atoms with Gasteiger partial charge in [-0.3, -0.25) is 14.5 Å². The van der Waals surface area contributed by atoms with Gasteiger partial charge in [0.05, 0.1) is 6.04 Å². The molecule has 1 aromatic rings. The van der Waals surface area contributed by atoms with Gasteiger partial charge in [0, 0.05) is 11.5 Å². The summed E-state index contributed by atoms with van der Waals surface area (Å²) in [6.07, 6.45) is 11.9. The molecule has 4 heteroatoms. The number of aldehydes is 1. The average Bonchev–Trinajstić information content (AvgIpc) is 3.09. The predicted octanol–water partition coefficient (Wildman–Crippen LogP) is 3.44. The largest absolute Gasteiger partial charge is 0.368 e. The number of amides is 1. The first-order valence-electron chi connectivity index (χ1n) is 8.97. The van der Waals surface area contributed by atoms with E-state index in [2.05, 4.69) is 25.2 Å². The van der Waals surface area contributed by atoms with Gasteiger partial charge in [-0.15, -0.1) is 0 Å². The summed E-state index contributed by atoms with van der Waals surface area (Å²) in [5.74, 6) is 0.283. The highest BCUT2D eigenvalue weighted by molar-refractivity contribution is 5.80. The van der Waals surface area contributed by atoms with Crippen LogP contribution in [0.2, 0.25) is 0 Å². The van der Waals surface area contributed by atoms with E-state index in [9.17, 15) is 9.59 Å². The second kappa shape index (κ2) is 9.33. The van der Waals surface area contributed by atoms with Crippen molar-refractivity contribution in [3.05, 3.63) is 59.2 Å². The van der Waals surface area contributed by atoms with Gasteiger partial charge in [-0.1, -0.05) is 55.0 Å². The number of primary amides is 1. The normalized spacial score (nSPS) is 22.7. The molecule has 134 valence electrons. The van der Waals surface area contributed by atoms with Gasteiger partial charge in [0.1, 0.15) is 6.29 Å². The number of carbonyl (C=O) groups excluding carboxylic acids is 2. The highest BCUT2D eigenvalue weighted by Gasteiger charge is 2.24. The van der Waals surface area contributed by atoms with Gasteiger partial charge in [-0.05, 0) is 44.8 Å². The highest BCUT2D eigenvalue weighted by Crippen LogP contribution is 2.27. The van der Waals surface area contributed by atoms with Gasteiger partial charge < -0.3 is 5.73 Å². The van der Waals surface area contributed by atoms with Crippen LogP contribution in [0.4, 0.5) is 0 Å². The number of nitrogens with two attached hydrogens (primary N) is 1. The Bertz CT molecular complexity index is 646. The average molecular weight is 340 g/mol. The molecular formula is C21H28N2O2. The number of allylic oxidation sites excluding steroid dienone is 4. The molecule has 1 aromatic carbocycles. The molecule has 0 aromatic heterocycles. The molecule has 2 aliphatic rings. The zero-order valence-electron chi connectivity index (χ0n) is 15.2. The Morgan fingerprint density at radius 1 is 1.32 bits per heavy atom. The summed E-state index contributed by atoms with van der Waals surface area (Å²) in [6.45, 7) is 3.18. The molecule has 2 N–H and O–H groups in total. The molecule has 1 aliphatic carbocycles.